The van der Waals surface area contributed by atoms with Crippen LogP contribution in [0.3, 0.4) is 0 Å². The normalized spacial score (nSPS) is 16.4. The predicted octanol–water partition coefficient (Wildman–Crippen LogP) is 2.87. The summed E-state index contributed by atoms with van der Waals surface area (Å²) in [5.74, 6) is 0.601. The highest BCUT2D eigenvalue weighted by Gasteiger charge is 2.24. The van der Waals surface area contributed by atoms with Gasteiger partial charge in [0.2, 0.25) is 5.91 Å². The number of amides is 1. The number of carbonyl (C=O) groups excluding carboxylic acids is 1. The Labute approximate surface area is 172 Å². The molecule has 0 aliphatic carbocycles. The number of methoxy groups -OCH3 is 1. The number of nitrogens with one attached hydrogen (secondary N) is 1. The second-order valence-corrected chi connectivity index (χ2v) is 7.56. The summed E-state index contributed by atoms with van der Waals surface area (Å²) in [5, 5.41) is 3.08. The van der Waals surface area contributed by atoms with Crippen molar-refractivity contribution in [2.75, 3.05) is 46.9 Å². The molecule has 6 heteroatoms. The van der Waals surface area contributed by atoms with Gasteiger partial charge in [-0.3, -0.25) is 9.69 Å². The average Bonchev–Trinajstić information content (AvgIpc) is 2.75. The highest BCUT2D eigenvalue weighted by molar-refractivity contribution is 5.76. The number of ether oxygens (including phenoxy) is 1. The molecule has 2 aromatic rings. The summed E-state index contributed by atoms with van der Waals surface area (Å²) in [6, 6.07) is 14.5. The minimum atomic E-state index is -0.241. The summed E-state index contributed by atoms with van der Waals surface area (Å²) in [6.07, 6.45) is 1.12. The lowest BCUT2D eigenvalue weighted by molar-refractivity contribution is -0.121. The SMILES string of the molecule is COc1ccc(CCC(=O)NC[C@@H](c2ccc(F)cc2)N2CCN(C)CC2)cc1. The zero-order chi connectivity index (χ0) is 20.6. The minimum Gasteiger partial charge on any atom is -0.497 e. The molecular weight excluding hydrogens is 369 g/mol. The summed E-state index contributed by atoms with van der Waals surface area (Å²) in [6.45, 7) is 4.36. The maximum Gasteiger partial charge on any atom is 0.220 e. The maximum absolute atomic E-state index is 13.4. The van der Waals surface area contributed by atoms with Crippen molar-refractivity contribution in [3.05, 3.63) is 65.5 Å². The van der Waals surface area contributed by atoms with Crippen LogP contribution < -0.4 is 10.1 Å². The third kappa shape index (κ3) is 6.27. The van der Waals surface area contributed by atoms with E-state index in [-0.39, 0.29) is 17.8 Å². The zero-order valence-corrected chi connectivity index (χ0v) is 17.2. The molecule has 0 saturated carbocycles. The van der Waals surface area contributed by atoms with Crippen LogP contribution in [0.5, 0.6) is 5.75 Å². The average molecular weight is 400 g/mol. The number of halogens is 1. The molecular formula is C23H30FN3O2. The fourth-order valence-corrected chi connectivity index (χ4v) is 3.63. The predicted molar refractivity (Wildman–Crippen MR) is 113 cm³/mol. The third-order valence-electron chi connectivity index (χ3n) is 5.53. The van der Waals surface area contributed by atoms with Crippen LogP contribution in [0.25, 0.3) is 0 Å². The summed E-state index contributed by atoms with van der Waals surface area (Å²) >= 11 is 0. The van der Waals surface area contributed by atoms with Gasteiger partial charge in [0.15, 0.2) is 0 Å². The van der Waals surface area contributed by atoms with Crippen LogP contribution >= 0.6 is 0 Å². The van der Waals surface area contributed by atoms with E-state index in [1.807, 2.05) is 36.4 Å². The van der Waals surface area contributed by atoms with E-state index in [0.29, 0.717) is 19.4 Å². The summed E-state index contributed by atoms with van der Waals surface area (Å²) in [5.41, 5.74) is 2.14. The van der Waals surface area contributed by atoms with Crippen molar-refractivity contribution in [3.63, 3.8) is 0 Å². The summed E-state index contributed by atoms with van der Waals surface area (Å²) in [4.78, 5) is 17.1. The van der Waals surface area contributed by atoms with E-state index in [0.717, 1.165) is 43.1 Å². The molecule has 5 nitrogen and oxygen atoms in total. The van der Waals surface area contributed by atoms with Crippen LogP contribution in [0.4, 0.5) is 4.39 Å². The molecule has 1 fully saturated rings. The number of piperazine rings is 1. The molecule has 29 heavy (non-hydrogen) atoms. The molecule has 3 rings (SSSR count). The van der Waals surface area contributed by atoms with Gasteiger partial charge in [-0.25, -0.2) is 4.39 Å². The van der Waals surface area contributed by atoms with Crippen LogP contribution in [0.15, 0.2) is 48.5 Å². The largest absolute Gasteiger partial charge is 0.497 e. The highest BCUT2D eigenvalue weighted by atomic mass is 19.1. The first-order valence-corrected chi connectivity index (χ1v) is 10.1. The number of benzene rings is 2. The van der Waals surface area contributed by atoms with Crippen LogP contribution in [0, 0.1) is 5.82 Å². The van der Waals surface area contributed by atoms with Crippen molar-refractivity contribution in [1.82, 2.24) is 15.1 Å². The molecule has 0 unspecified atom stereocenters. The van der Waals surface area contributed by atoms with Crippen LogP contribution in [0.2, 0.25) is 0 Å². The molecule has 1 amide bonds. The molecule has 1 N–H and O–H groups in total. The Balaban J connectivity index is 1.56. The lowest BCUT2D eigenvalue weighted by Gasteiger charge is -2.38. The number of aryl methyl sites for hydroxylation is 1. The Kier molecular flexibility index (Phi) is 7.61. The van der Waals surface area contributed by atoms with E-state index in [1.165, 1.54) is 12.1 Å². The lowest BCUT2D eigenvalue weighted by Crippen LogP contribution is -2.48. The van der Waals surface area contributed by atoms with Gasteiger partial charge in [0.25, 0.3) is 0 Å². The standard InChI is InChI=1S/C23H30FN3O2/c1-26-13-15-27(16-14-26)22(19-6-8-20(24)9-7-19)17-25-23(28)12-5-18-3-10-21(29-2)11-4-18/h3-4,6-11,22H,5,12-17H2,1-2H3,(H,25,28)/t22-/m0/s1. The van der Waals surface area contributed by atoms with Crippen LogP contribution in [-0.4, -0.2) is 62.6 Å². The first-order valence-electron chi connectivity index (χ1n) is 10.1. The van der Waals surface area contributed by atoms with E-state index in [4.69, 9.17) is 4.74 Å². The van der Waals surface area contributed by atoms with Crippen molar-refractivity contribution >= 4 is 5.91 Å². The molecule has 1 aliphatic rings. The van der Waals surface area contributed by atoms with Gasteiger partial charge in [-0.05, 0) is 48.9 Å². The first kappa shape index (κ1) is 21.3. The molecule has 2 aromatic carbocycles. The molecule has 0 radical (unpaired) electrons. The van der Waals surface area contributed by atoms with Gasteiger partial charge in [-0.15, -0.1) is 0 Å². The maximum atomic E-state index is 13.4. The fraction of sp³-hybridized carbons (Fsp3) is 0.435. The minimum absolute atomic E-state index is 0.0297. The smallest absolute Gasteiger partial charge is 0.220 e. The monoisotopic (exact) mass is 399 g/mol. The number of carbonyl (C=O) groups is 1. The van der Waals surface area contributed by atoms with Crippen molar-refractivity contribution in [1.29, 1.82) is 0 Å². The molecule has 1 heterocycles. The van der Waals surface area contributed by atoms with Gasteiger partial charge in [0, 0.05) is 39.1 Å². The Morgan fingerprint density at radius 3 is 2.34 bits per heavy atom. The Morgan fingerprint density at radius 1 is 1.07 bits per heavy atom. The van der Waals surface area contributed by atoms with E-state index in [2.05, 4.69) is 22.2 Å². The van der Waals surface area contributed by atoms with Crippen LogP contribution in [0.1, 0.15) is 23.6 Å². The third-order valence-corrected chi connectivity index (χ3v) is 5.53. The fourth-order valence-electron chi connectivity index (χ4n) is 3.63. The lowest BCUT2D eigenvalue weighted by atomic mass is 10.0. The molecule has 0 aromatic heterocycles. The van der Waals surface area contributed by atoms with E-state index in [9.17, 15) is 9.18 Å². The summed E-state index contributed by atoms with van der Waals surface area (Å²) < 4.78 is 18.5. The molecule has 1 saturated heterocycles. The Hall–Kier alpha value is -2.44. The topological polar surface area (TPSA) is 44.8 Å². The molecule has 156 valence electrons. The number of nitrogens with zero attached hydrogens (tertiary/aromatic N) is 2. The van der Waals surface area contributed by atoms with E-state index >= 15 is 0 Å². The first-order chi connectivity index (χ1) is 14.0. The van der Waals surface area contributed by atoms with Gasteiger partial charge < -0.3 is 15.0 Å². The quantitative estimate of drug-likeness (QED) is 0.741. The molecule has 0 bridgehead atoms. The van der Waals surface area contributed by atoms with Gasteiger partial charge in [-0.2, -0.15) is 0 Å². The van der Waals surface area contributed by atoms with Crippen molar-refractivity contribution < 1.29 is 13.9 Å². The summed E-state index contributed by atoms with van der Waals surface area (Å²) in [7, 11) is 3.76. The zero-order valence-electron chi connectivity index (χ0n) is 17.2. The number of rotatable bonds is 8. The van der Waals surface area contributed by atoms with Gasteiger partial charge in [0.05, 0.1) is 13.2 Å². The van der Waals surface area contributed by atoms with Crippen molar-refractivity contribution in [2.24, 2.45) is 0 Å². The number of hydrogen-bond acceptors (Lipinski definition) is 4. The molecule has 1 aliphatic heterocycles. The Morgan fingerprint density at radius 2 is 1.72 bits per heavy atom. The number of hydrogen-bond donors (Lipinski definition) is 1. The van der Waals surface area contributed by atoms with E-state index < -0.39 is 0 Å². The second kappa shape index (κ2) is 10.4. The second-order valence-electron chi connectivity index (χ2n) is 7.56. The number of likely N-dealkylation sites (N-methyl/N-ethyl adjacent to an activating group) is 1. The van der Waals surface area contributed by atoms with Crippen LogP contribution in [-0.2, 0) is 11.2 Å². The van der Waals surface area contributed by atoms with Gasteiger partial charge >= 0.3 is 0 Å². The Bertz CT molecular complexity index is 772. The van der Waals surface area contributed by atoms with Gasteiger partial charge in [0.1, 0.15) is 11.6 Å². The van der Waals surface area contributed by atoms with E-state index in [1.54, 1.807) is 7.11 Å². The van der Waals surface area contributed by atoms with Gasteiger partial charge in [-0.1, -0.05) is 24.3 Å². The van der Waals surface area contributed by atoms with Crippen molar-refractivity contribution in [3.8, 4) is 5.75 Å². The molecule has 1 atom stereocenters. The molecule has 0 spiro atoms. The highest BCUT2D eigenvalue weighted by Crippen LogP contribution is 2.22. The van der Waals surface area contributed by atoms with Crippen molar-refractivity contribution in [2.45, 2.75) is 18.9 Å².